The number of amides is 2. The average molecular weight is 427 g/mol. The van der Waals surface area contributed by atoms with Crippen molar-refractivity contribution in [2.24, 2.45) is 0 Å². The van der Waals surface area contributed by atoms with Crippen molar-refractivity contribution in [3.05, 3.63) is 50.1 Å². The lowest BCUT2D eigenvalue weighted by molar-refractivity contribution is -0.134. The first-order chi connectivity index (χ1) is 12.9. The van der Waals surface area contributed by atoms with Crippen LogP contribution in [0, 0.1) is 0 Å². The van der Waals surface area contributed by atoms with Crippen molar-refractivity contribution in [2.45, 2.75) is 25.4 Å². The van der Waals surface area contributed by atoms with E-state index in [9.17, 15) is 9.59 Å². The van der Waals surface area contributed by atoms with Gasteiger partial charge in [-0.2, -0.15) is 0 Å². The molecule has 1 fully saturated rings. The molecule has 1 unspecified atom stereocenters. The predicted octanol–water partition coefficient (Wildman–Crippen LogP) is 4.33. The number of carbonyl (C=O) groups excluding carboxylic acids is 2. The Labute approximate surface area is 172 Å². The number of likely N-dealkylation sites (N-methyl/N-ethyl adjacent to an activating group) is 1. The molecular weight excluding hydrogens is 407 g/mol. The number of hydrogen-bond acceptors (Lipinski definition) is 4. The van der Waals surface area contributed by atoms with E-state index in [1.807, 2.05) is 12.1 Å². The number of nitrogens with zero attached hydrogens (tertiary/aromatic N) is 2. The van der Waals surface area contributed by atoms with E-state index >= 15 is 0 Å². The van der Waals surface area contributed by atoms with Gasteiger partial charge in [-0.25, -0.2) is 0 Å². The van der Waals surface area contributed by atoms with Crippen LogP contribution in [-0.4, -0.2) is 48.4 Å². The zero-order chi connectivity index (χ0) is 19.6. The van der Waals surface area contributed by atoms with Crippen LogP contribution in [-0.2, 0) is 11.3 Å². The van der Waals surface area contributed by atoms with Gasteiger partial charge in [0, 0.05) is 23.5 Å². The minimum absolute atomic E-state index is 0.0774. The molecule has 2 aromatic rings. The summed E-state index contributed by atoms with van der Waals surface area (Å²) >= 11 is 13.5. The van der Waals surface area contributed by atoms with Gasteiger partial charge in [0.2, 0.25) is 5.91 Å². The van der Waals surface area contributed by atoms with E-state index in [1.165, 1.54) is 18.4 Å². The van der Waals surface area contributed by atoms with Crippen molar-refractivity contribution in [3.63, 3.8) is 0 Å². The fourth-order valence-corrected chi connectivity index (χ4v) is 4.58. The molecule has 0 radical (unpaired) electrons. The molecule has 0 bridgehead atoms. The molecule has 2 amide bonds. The van der Waals surface area contributed by atoms with Crippen molar-refractivity contribution >= 4 is 46.4 Å². The third kappa shape index (κ3) is 4.39. The van der Waals surface area contributed by atoms with E-state index < -0.39 is 6.04 Å². The Balaban J connectivity index is 1.77. The van der Waals surface area contributed by atoms with E-state index in [2.05, 4.69) is 0 Å². The Bertz CT molecular complexity index is 855. The van der Waals surface area contributed by atoms with E-state index in [0.29, 0.717) is 40.2 Å². The van der Waals surface area contributed by atoms with Gasteiger partial charge in [-0.15, -0.1) is 11.3 Å². The molecule has 27 heavy (non-hydrogen) atoms. The number of hydrogen-bond donors (Lipinski definition) is 0. The van der Waals surface area contributed by atoms with Gasteiger partial charge >= 0.3 is 0 Å². The highest BCUT2D eigenvalue weighted by atomic mass is 35.5. The highest BCUT2D eigenvalue weighted by Crippen LogP contribution is 2.29. The zero-order valence-electron chi connectivity index (χ0n) is 15.1. The lowest BCUT2D eigenvalue weighted by Crippen LogP contribution is -2.46. The topological polar surface area (TPSA) is 49.9 Å². The smallest absolute Gasteiger partial charge is 0.258 e. The molecule has 1 aromatic carbocycles. The van der Waals surface area contributed by atoms with Crippen LogP contribution < -0.4 is 4.74 Å². The van der Waals surface area contributed by atoms with Crippen molar-refractivity contribution in [1.29, 1.82) is 0 Å². The molecule has 5 nitrogen and oxygen atoms in total. The van der Waals surface area contributed by atoms with Gasteiger partial charge in [-0.05, 0) is 43.2 Å². The first kappa shape index (κ1) is 20.0. The van der Waals surface area contributed by atoms with Crippen LogP contribution in [0.3, 0.4) is 0 Å². The van der Waals surface area contributed by atoms with Crippen molar-refractivity contribution in [1.82, 2.24) is 9.80 Å². The Morgan fingerprint density at radius 3 is 2.74 bits per heavy atom. The first-order valence-corrected chi connectivity index (χ1v) is 10.1. The van der Waals surface area contributed by atoms with Gasteiger partial charge in [-0.1, -0.05) is 23.2 Å². The summed E-state index contributed by atoms with van der Waals surface area (Å²) < 4.78 is 5.98. The molecule has 0 aliphatic carbocycles. The maximum absolute atomic E-state index is 13.1. The minimum atomic E-state index is -0.485. The number of thiophene rings is 1. The molecule has 1 aromatic heterocycles. The van der Waals surface area contributed by atoms with Gasteiger partial charge in [-0.3, -0.25) is 9.59 Å². The van der Waals surface area contributed by atoms with Crippen LogP contribution in [0.4, 0.5) is 0 Å². The summed E-state index contributed by atoms with van der Waals surface area (Å²) in [5, 5.41) is 0.452. The largest absolute Gasteiger partial charge is 0.496 e. The normalized spacial score (nSPS) is 16.4. The third-order valence-electron chi connectivity index (χ3n) is 4.59. The van der Waals surface area contributed by atoms with Crippen molar-refractivity contribution in [3.8, 4) is 5.75 Å². The number of likely N-dealkylation sites (tertiary alicyclic amines) is 1. The number of methoxy groups -OCH3 is 1. The van der Waals surface area contributed by atoms with Crippen molar-refractivity contribution in [2.75, 3.05) is 20.7 Å². The molecule has 8 heteroatoms. The average Bonchev–Trinajstić information content (AvgIpc) is 3.29. The summed E-state index contributed by atoms with van der Waals surface area (Å²) in [6.07, 6.45) is 1.42. The monoisotopic (exact) mass is 426 g/mol. The maximum Gasteiger partial charge on any atom is 0.258 e. The maximum atomic E-state index is 13.1. The molecule has 0 N–H and O–H groups in total. The number of halogens is 2. The quantitative estimate of drug-likeness (QED) is 0.714. The Morgan fingerprint density at radius 1 is 1.30 bits per heavy atom. The van der Waals surface area contributed by atoms with Crippen LogP contribution >= 0.6 is 34.5 Å². The van der Waals surface area contributed by atoms with Gasteiger partial charge in [0.25, 0.3) is 5.91 Å². The highest BCUT2D eigenvalue weighted by molar-refractivity contribution is 7.16. The van der Waals surface area contributed by atoms with Gasteiger partial charge < -0.3 is 14.5 Å². The number of carbonyl (C=O) groups is 2. The second-order valence-electron chi connectivity index (χ2n) is 6.40. The van der Waals surface area contributed by atoms with Gasteiger partial charge in [0.05, 0.1) is 23.6 Å². The Kier molecular flexibility index (Phi) is 6.29. The van der Waals surface area contributed by atoms with Crippen LogP contribution in [0.1, 0.15) is 28.1 Å². The highest BCUT2D eigenvalue weighted by Gasteiger charge is 2.37. The molecule has 1 aliphatic rings. The zero-order valence-corrected chi connectivity index (χ0v) is 17.4. The summed E-state index contributed by atoms with van der Waals surface area (Å²) in [5.41, 5.74) is 0.373. The number of ether oxygens (including phenoxy) is 1. The third-order valence-corrected chi connectivity index (χ3v) is 6.04. The fourth-order valence-electron chi connectivity index (χ4n) is 3.27. The van der Waals surface area contributed by atoms with Gasteiger partial charge in [0.1, 0.15) is 11.8 Å². The summed E-state index contributed by atoms with van der Waals surface area (Å²) in [4.78, 5) is 30.3. The summed E-state index contributed by atoms with van der Waals surface area (Å²) in [7, 11) is 3.25. The van der Waals surface area contributed by atoms with E-state index in [1.54, 1.807) is 35.0 Å². The van der Waals surface area contributed by atoms with Crippen molar-refractivity contribution < 1.29 is 14.3 Å². The lowest BCUT2D eigenvalue weighted by Gasteiger charge is -2.28. The van der Waals surface area contributed by atoms with Crippen LogP contribution in [0.15, 0.2) is 30.3 Å². The summed E-state index contributed by atoms with van der Waals surface area (Å²) in [6, 6.07) is 8.15. The predicted molar refractivity (Wildman–Crippen MR) is 108 cm³/mol. The standard InChI is InChI=1S/C19H20Cl2N2O3S/c1-22(11-13-6-8-17(21)27-13)19(25)15-4-3-9-23(15)18(24)14-10-12(20)5-7-16(14)26-2/h5-8,10,15H,3-4,9,11H2,1-2H3. The SMILES string of the molecule is COc1ccc(Cl)cc1C(=O)N1CCCC1C(=O)N(C)Cc1ccc(Cl)s1. The van der Waals surface area contributed by atoms with E-state index in [4.69, 9.17) is 27.9 Å². The second-order valence-corrected chi connectivity index (χ2v) is 8.64. The second kappa shape index (κ2) is 8.50. The molecule has 3 rings (SSSR count). The molecule has 1 saturated heterocycles. The molecule has 1 aliphatic heterocycles. The summed E-state index contributed by atoms with van der Waals surface area (Å²) in [5.74, 6) is 0.133. The lowest BCUT2D eigenvalue weighted by atomic mass is 10.1. The Morgan fingerprint density at radius 2 is 2.07 bits per heavy atom. The fraction of sp³-hybridized carbons (Fsp3) is 0.368. The van der Waals surface area contributed by atoms with Gasteiger partial charge in [0.15, 0.2) is 0 Å². The van der Waals surface area contributed by atoms with E-state index in [-0.39, 0.29) is 11.8 Å². The van der Waals surface area contributed by atoms with Crippen LogP contribution in [0.5, 0.6) is 5.75 Å². The molecular formula is C19H20Cl2N2O3S. The van der Waals surface area contributed by atoms with Crippen LogP contribution in [0.2, 0.25) is 9.36 Å². The number of rotatable bonds is 5. The Hall–Kier alpha value is -1.76. The molecule has 2 heterocycles. The molecule has 0 spiro atoms. The minimum Gasteiger partial charge on any atom is -0.496 e. The molecule has 1 atom stereocenters. The molecule has 144 valence electrons. The number of benzene rings is 1. The van der Waals surface area contributed by atoms with Crippen LogP contribution in [0.25, 0.3) is 0 Å². The molecule has 0 saturated carbocycles. The first-order valence-electron chi connectivity index (χ1n) is 8.54. The van der Waals surface area contributed by atoms with E-state index in [0.717, 1.165) is 11.3 Å². The summed E-state index contributed by atoms with van der Waals surface area (Å²) in [6.45, 7) is 0.999.